The first kappa shape index (κ1) is 7.62. The number of terminal acetylenes is 1. The second kappa shape index (κ2) is 3.07. The predicted octanol–water partition coefficient (Wildman–Crippen LogP) is 1.85. The molecule has 0 radical (unpaired) electrons. The van der Waals surface area contributed by atoms with Gasteiger partial charge in [-0.2, -0.15) is 0 Å². The molecule has 0 amide bonds. The summed E-state index contributed by atoms with van der Waals surface area (Å²) in [5.41, 5.74) is 1.02. The fraction of sp³-hybridized carbons (Fsp3) is 0.111. The second-order valence-electron chi connectivity index (χ2n) is 2.09. The molecule has 0 heterocycles. The Kier molecular flexibility index (Phi) is 2.12. The number of rotatable bonds is 1. The smallest absolute Gasteiger partial charge is 0.147 e. The lowest BCUT2D eigenvalue weighted by molar-refractivity contribution is 0.631. The number of hydrogen-bond donors (Lipinski definition) is 1. The summed E-state index contributed by atoms with van der Waals surface area (Å²) in [6, 6.07) is 4.63. The Morgan fingerprint density at radius 1 is 1.55 bits per heavy atom. The molecular formula is C9H8FN. The zero-order valence-electron chi connectivity index (χ0n) is 6.19. The average molecular weight is 149 g/mol. The molecule has 2 heteroatoms. The third-order valence-electron chi connectivity index (χ3n) is 1.41. The number of hydrogen-bond acceptors (Lipinski definition) is 1. The molecule has 1 rings (SSSR count). The van der Waals surface area contributed by atoms with Gasteiger partial charge in [-0.1, -0.05) is 5.92 Å². The summed E-state index contributed by atoms with van der Waals surface area (Å²) < 4.78 is 12.9. The highest BCUT2D eigenvalue weighted by atomic mass is 19.1. The van der Waals surface area contributed by atoms with Crippen LogP contribution in [-0.4, -0.2) is 7.05 Å². The van der Waals surface area contributed by atoms with Crippen molar-refractivity contribution in [1.29, 1.82) is 0 Å². The summed E-state index contributed by atoms with van der Waals surface area (Å²) in [6.07, 6.45) is 5.07. The van der Waals surface area contributed by atoms with Gasteiger partial charge in [-0.15, -0.1) is 6.42 Å². The highest BCUT2D eigenvalue weighted by Crippen LogP contribution is 2.13. The highest BCUT2D eigenvalue weighted by molar-refractivity contribution is 5.48. The lowest BCUT2D eigenvalue weighted by atomic mass is 10.2. The van der Waals surface area contributed by atoms with Gasteiger partial charge in [0.05, 0.1) is 5.69 Å². The Morgan fingerprint density at radius 3 is 2.73 bits per heavy atom. The van der Waals surface area contributed by atoms with Crippen LogP contribution >= 0.6 is 0 Å². The van der Waals surface area contributed by atoms with Gasteiger partial charge >= 0.3 is 0 Å². The van der Waals surface area contributed by atoms with E-state index in [1.54, 1.807) is 19.2 Å². The minimum Gasteiger partial charge on any atom is -0.386 e. The van der Waals surface area contributed by atoms with Gasteiger partial charge in [0.2, 0.25) is 0 Å². The molecule has 1 aromatic rings. The molecule has 0 spiro atoms. The molecule has 0 saturated heterocycles. The zero-order valence-corrected chi connectivity index (χ0v) is 6.19. The Bertz CT molecular complexity index is 299. The normalized spacial score (nSPS) is 8.82. The van der Waals surface area contributed by atoms with Crippen LogP contribution < -0.4 is 5.32 Å². The van der Waals surface area contributed by atoms with E-state index in [0.717, 1.165) is 0 Å². The van der Waals surface area contributed by atoms with Crippen LogP contribution in [0.3, 0.4) is 0 Å². The first-order chi connectivity index (χ1) is 5.27. The first-order valence-corrected chi connectivity index (χ1v) is 3.22. The summed E-state index contributed by atoms with van der Waals surface area (Å²) in [7, 11) is 1.66. The van der Waals surface area contributed by atoms with Crippen molar-refractivity contribution in [3.8, 4) is 12.3 Å². The Morgan fingerprint density at radius 2 is 2.27 bits per heavy atom. The highest BCUT2D eigenvalue weighted by Gasteiger charge is 1.98. The van der Waals surface area contributed by atoms with E-state index in [0.29, 0.717) is 11.3 Å². The molecule has 0 aliphatic heterocycles. The molecule has 0 atom stereocenters. The number of halogens is 1. The molecule has 0 aliphatic carbocycles. The summed E-state index contributed by atoms with van der Waals surface area (Å²) in [5, 5.41) is 2.70. The van der Waals surface area contributed by atoms with Crippen LogP contribution in [0.25, 0.3) is 0 Å². The van der Waals surface area contributed by atoms with E-state index in [4.69, 9.17) is 6.42 Å². The molecule has 0 fully saturated rings. The van der Waals surface area contributed by atoms with Crippen molar-refractivity contribution >= 4 is 5.69 Å². The van der Waals surface area contributed by atoms with E-state index in [-0.39, 0.29) is 5.82 Å². The van der Waals surface area contributed by atoms with Crippen molar-refractivity contribution in [2.45, 2.75) is 0 Å². The van der Waals surface area contributed by atoms with Gasteiger partial charge in [-0.05, 0) is 18.2 Å². The van der Waals surface area contributed by atoms with Gasteiger partial charge in [0.15, 0.2) is 0 Å². The summed E-state index contributed by atoms with van der Waals surface area (Å²) in [5.74, 6) is 2.03. The second-order valence-corrected chi connectivity index (χ2v) is 2.09. The lowest BCUT2D eigenvalue weighted by Crippen LogP contribution is -1.92. The van der Waals surface area contributed by atoms with Crippen LogP contribution in [0.5, 0.6) is 0 Å². The van der Waals surface area contributed by atoms with Crippen LogP contribution in [0.15, 0.2) is 18.2 Å². The molecule has 0 aliphatic rings. The van der Waals surface area contributed by atoms with Gasteiger partial charge < -0.3 is 5.32 Å². The van der Waals surface area contributed by atoms with Crippen molar-refractivity contribution in [3.05, 3.63) is 29.6 Å². The first-order valence-electron chi connectivity index (χ1n) is 3.22. The lowest BCUT2D eigenvalue weighted by Gasteiger charge is -2.00. The van der Waals surface area contributed by atoms with Crippen molar-refractivity contribution in [2.24, 2.45) is 0 Å². The fourth-order valence-electron chi connectivity index (χ4n) is 0.808. The summed E-state index contributed by atoms with van der Waals surface area (Å²) in [6.45, 7) is 0. The quantitative estimate of drug-likeness (QED) is 0.601. The minimum atomic E-state index is -0.317. The van der Waals surface area contributed by atoms with Crippen molar-refractivity contribution < 1.29 is 4.39 Å². The summed E-state index contributed by atoms with van der Waals surface area (Å²) >= 11 is 0. The van der Waals surface area contributed by atoms with E-state index in [1.807, 2.05) is 0 Å². The van der Waals surface area contributed by atoms with Crippen LogP contribution in [0, 0.1) is 18.2 Å². The van der Waals surface area contributed by atoms with Gasteiger partial charge in [0, 0.05) is 12.6 Å². The average Bonchev–Trinajstić information content (AvgIpc) is 2.04. The van der Waals surface area contributed by atoms with Crippen molar-refractivity contribution in [2.75, 3.05) is 12.4 Å². The predicted molar refractivity (Wildman–Crippen MR) is 43.9 cm³/mol. The zero-order chi connectivity index (χ0) is 8.27. The van der Waals surface area contributed by atoms with E-state index in [9.17, 15) is 4.39 Å². The van der Waals surface area contributed by atoms with E-state index in [1.165, 1.54) is 6.07 Å². The molecule has 1 aromatic carbocycles. The maximum absolute atomic E-state index is 12.9. The van der Waals surface area contributed by atoms with E-state index < -0.39 is 0 Å². The van der Waals surface area contributed by atoms with Crippen molar-refractivity contribution in [3.63, 3.8) is 0 Å². The van der Waals surface area contributed by atoms with Gasteiger partial charge in [-0.3, -0.25) is 0 Å². The maximum atomic E-state index is 12.9. The molecule has 0 saturated carbocycles. The SMILES string of the molecule is C#Cc1ccc(NC)c(F)c1. The maximum Gasteiger partial charge on any atom is 0.147 e. The monoisotopic (exact) mass is 149 g/mol. The number of anilines is 1. The molecular weight excluding hydrogens is 141 g/mol. The standard InChI is InChI=1S/C9H8FN/c1-3-7-4-5-9(11-2)8(10)6-7/h1,4-6,11H,2H3. The fourth-order valence-corrected chi connectivity index (χ4v) is 0.808. The largest absolute Gasteiger partial charge is 0.386 e. The van der Waals surface area contributed by atoms with Crippen LogP contribution in [0.4, 0.5) is 10.1 Å². The van der Waals surface area contributed by atoms with Gasteiger partial charge in [0.1, 0.15) is 5.82 Å². The van der Waals surface area contributed by atoms with E-state index in [2.05, 4.69) is 11.2 Å². The Labute approximate surface area is 65.2 Å². The molecule has 0 bridgehead atoms. The van der Waals surface area contributed by atoms with Crippen LogP contribution in [0.2, 0.25) is 0 Å². The third kappa shape index (κ3) is 1.50. The number of nitrogens with one attached hydrogen (secondary N) is 1. The van der Waals surface area contributed by atoms with Crippen molar-refractivity contribution in [1.82, 2.24) is 0 Å². The summed E-state index contributed by atoms with van der Waals surface area (Å²) in [4.78, 5) is 0. The minimum absolute atomic E-state index is 0.317. The topological polar surface area (TPSA) is 12.0 Å². The molecule has 0 aromatic heterocycles. The van der Waals surface area contributed by atoms with Crippen LogP contribution in [0.1, 0.15) is 5.56 Å². The van der Waals surface area contributed by atoms with E-state index >= 15 is 0 Å². The Balaban J connectivity index is 3.12. The molecule has 1 nitrogen and oxygen atoms in total. The number of benzene rings is 1. The molecule has 56 valence electrons. The molecule has 11 heavy (non-hydrogen) atoms. The third-order valence-corrected chi connectivity index (χ3v) is 1.41. The van der Waals surface area contributed by atoms with Crippen LogP contribution in [-0.2, 0) is 0 Å². The van der Waals surface area contributed by atoms with Gasteiger partial charge in [-0.25, -0.2) is 4.39 Å². The van der Waals surface area contributed by atoms with Gasteiger partial charge in [0.25, 0.3) is 0 Å². The Hall–Kier alpha value is -1.49. The molecule has 0 unspecified atom stereocenters. The molecule has 1 N–H and O–H groups in total.